The second kappa shape index (κ2) is 5.77. The van der Waals surface area contributed by atoms with E-state index < -0.39 is 0 Å². The number of rotatable bonds is 2. The molecule has 0 N–H and O–H groups in total. The molecule has 6 aromatic rings. The van der Waals surface area contributed by atoms with Crippen LogP contribution in [-0.4, -0.2) is 11.8 Å². The van der Waals surface area contributed by atoms with E-state index in [1.165, 1.54) is 27.3 Å². The van der Waals surface area contributed by atoms with Crippen LogP contribution in [0.1, 0.15) is 0 Å². The Morgan fingerprint density at radius 3 is 2.29 bits per heavy atom. The van der Waals surface area contributed by atoms with Crippen LogP contribution in [0.2, 0.25) is 6.82 Å². The molecule has 0 bridgehead atoms. The maximum Gasteiger partial charge on any atom is 0.148 e. The summed E-state index contributed by atoms with van der Waals surface area (Å²) in [6.07, 6.45) is 0. The summed E-state index contributed by atoms with van der Waals surface area (Å²) in [5.41, 5.74) is 6.69. The summed E-state index contributed by atoms with van der Waals surface area (Å²) in [4.78, 5) is 0. The largest absolute Gasteiger partial charge is 0.456 e. The van der Waals surface area contributed by atoms with Crippen LogP contribution in [0.5, 0.6) is 0 Å². The quantitative estimate of drug-likeness (QED) is 0.344. The molecule has 2 nitrogen and oxygen atoms in total. The van der Waals surface area contributed by atoms with Gasteiger partial charge >= 0.3 is 0 Å². The van der Waals surface area contributed by atoms with Gasteiger partial charge in [-0.2, -0.15) is 0 Å². The predicted molar refractivity (Wildman–Crippen MR) is 119 cm³/mol. The summed E-state index contributed by atoms with van der Waals surface area (Å²) in [6, 6.07) is 30.0. The zero-order valence-corrected chi connectivity index (χ0v) is 15.5. The minimum atomic E-state index is 0.925. The zero-order valence-electron chi connectivity index (χ0n) is 15.5. The highest BCUT2D eigenvalue weighted by Crippen LogP contribution is 2.34. The second-order valence-electron chi connectivity index (χ2n) is 7.20. The molecule has 4 aromatic carbocycles. The standard InChI is InChI=1S/C25H17BNO/c1-26-16-10-12-23-20(14-16)18-6-2-4-8-22(18)27(23)17-11-13-25-21(15-17)19-7-3-5-9-24(19)28-25/h2-15H,1H3. The summed E-state index contributed by atoms with van der Waals surface area (Å²) in [5, 5.41) is 4.86. The lowest BCUT2D eigenvalue weighted by atomic mass is 9.73. The Balaban J connectivity index is 1.72. The molecule has 0 aliphatic heterocycles. The molecule has 2 heterocycles. The monoisotopic (exact) mass is 358 g/mol. The third kappa shape index (κ3) is 2.10. The smallest absolute Gasteiger partial charge is 0.148 e. The molecule has 0 amide bonds. The van der Waals surface area contributed by atoms with Crippen molar-refractivity contribution in [3.05, 3.63) is 84.9 Å². The minimum absolute atomic E-state index is 0.925. The Morgan fingerprint density at radius 1 is 0.643 bits per heavy atom. The van der Waals surface area contributed by atoms with Gasteiger partial charge in [-0.3, -0.25) is 0 Å². The van der Waals surface area contributed by atoms with E-state index in [0.29, 0.717) is 0 Å². The van der Waals surface area contributed by atoms with Crippen molar-refractivity contribution in [1.82, 2.24) is 4.57 Å². The second-order valence-corrected chi connectivity index (χ2v) is 7.20. The molecule has 0 atom stereocenters. The lowest BCUT2D eigenvalue weighted by Gasteiger charge is -2.08. The maximum atomic E-state index is 6.02. The molecule has 3 heteroatoms. The van der Waals surface area contributed by atoms with Gasteiger partial charge in [0.1, 0.15) is 18.4 Å². The lowest BCUT2D eigenvalue weighted by Crippen LogP contribution is -2.09. The summed E-state index contributed by atoms with van der Waals surface area (Å²) in [6.45, 7) is 2.08. The Hall–Kier alpha value is -3.46. The molecule has 0 aliphatic carbocycles. The molecule has 0 aliphatic rings. The van der Waals surface area contributed by atoms with Gasteiger partial charge in [0.15, 0.2) is 0 Å². The fourth-order valence-corrected chi connectivity index (χ4v) is 4.30. The molecular weight excluding hydrogens is 341 g/mol. The Kier molecular flexibility index (Phi) is 3.21. The molecule has 0 spiro atoms. The van der Waals surface area contributed by atoms with E-state index in [-0.39, 0.29) is 0 Å². The highest BCUT2D eigenvalue weighted by atomic mass is 16.3. The fraction of sp³-hybridized carbons (Fsp3) is 0.0400. The molecule has 0 unspecified atom stereocenters. The summed E-state index contributed by atoms with van der Waals surface area (Å²) in [7, 11) is 2.15. The number of nitrogens with zero attached hydrogens (tertiary/aromatic N) is 1. The van der Waals surface area contributed by atoms with Crippen LogP contribution in [0.3, 0.4) is 0 Å². The first-order chi connectivity index (χ1) is 13.8. The van der Waals surface area contributed by atoms with Gasteiger partial charge in [0.2, 0.25) is 0 Å². The molecular formula is C25H17BNO. The average molecular weight is 358 g/mol. The van der Waals surface area contributed by atoms with Crippen molar-refractivity contribution in [2.75, 3.05) is 0 Å². The van der Waals surface area contributed by atoms with Crippen molar-refractivity contribution >= 4 is 56.5 Å². The van der Waals surface area contributed by atoms with Gasteiger partial charge in [0.25, 0.3) is 0 Å². The number of para-hydroxylation sites is 2. The van der Waals surface area contributed by atoms with Crippen LogP contribution in [0.4, 0.5) is 0 Å². The van der Waals surface area contributed by atoms with Crippen LogP contribution in [0.15, 0.2) is 89.3 Å². The molecule has 1 radical (unpaired) electrons. The summed E-state index contributed by atoms with van der Waals surface area (Å²) in [5.74, 6) is 0. The van der Waals surface area contributed by atoms with Crippen molar-refractivity contribution in [3.63, 3.8) is 0 Å². The molecule has 0 saturated carbocycles. The Labute approximate surface area is 163 Å². The highest BCUT2D eigenvalue weighted by molar-refractivity contribution is 6.52. The molecule has 28 heavy (non-hydrogen) atoms. The van der Waals surface area contributed by atoms with E-state index in [9.17, 15) is 0 Å². The van der Waals surface area contributed by atoms with Crippen LogP contribution < -0.4 is 5.46 Å². The van der Waals surface area contributed by atoms with Crippen LogP contribution in [0, 0.1) is 0 Å². The number of hydrogen-bond donors (Lipinski definition) is 0. The number of fused-ring (bicyclic) bond motifs is 6. The normalized spacial score (nSPS) is 11.8. The molecule has 131 valence electrons. The van der Waals surface area contributed by atoms with E-state index >= 15 is 0 Å². The number of benzene rings is 4. The van der Waals surface area contributed by atoms with E-state index in [1.54, 1.807) is 0 Å². The van der Waals surface area contributed by atoms with Crippen molar-refractivity contribution < 1.29 is 4.42 Å². The summed E-state index contributed by atoms with van der Waals surface area (Å²) >= 11 is 0. The first-order valence-corrected chi connectivity index (χ1v) is 9.58. The molecule has 0 fully saturated rings. The van der Waals surface area contributed by atoms with Gasteiger partial charge in [-0.05, 0) is 36.4 Å². The SMILES string of the molecule is C[B]c1ccc2c(c1)c1ccccc1n2-c1ccc2oc3ccccc3c2c1. The third-order valence-electron chi connectivity index (χ3n) is 5.65. The van der Waals surface area contributed by atoms with E-state index in [0.717, 1.165) is 27.6 Å². The predicted octanol–water partition coefficient (Wildman–Crippen LogP) is 6.06. The lowest BCUT2D eigenvalue weighted by molar-refractivity contribution is 0.669. The average Bonchev–Trinajstić information content (AvgIpc) is 3.28. The van der Waals surface area contributed by atoms with Gasteiger partial charge in [0.05, 0.1) is 11.0 Å². The van der Waals surface area contributed by atoms with Crippen molar-refractivity contribution in [2.24, 2.45) is 0 Å². The number of aromatic nitrogens is 1. The summed E-state index contributed by atoms with van der Waals surface area (Å²) < 4.78 is 8.37. The third-order valence-corrected chi connectivity index (χ3v) is 5.65. The molecule has 6 rings (SSSR count). The topological polar surface area (TPSA) is 18.1 Å². The van der Waals surface area contributed by atoms with Crippen molar-refractivity contribution in [2.45, 2.75) is 6.82 Å². The van der Waals surface area contributed by atoms with E-state index in [4.69, 9.17) is 4.42 Å². The van der Waals surface area contributed by atoms with Gasteiger partial charge in [-0.1, -0.05) is 60.8 Å². The van der Waals surface area contributed by atoms with Crippen LogP contribution >= 0.6 is 0 Å². The van der Waals surface area contributed by atoms with Crippen molar-refractivity contribution in [1.29, 1.82) is 0 Å². The van der Waals surface area contributed by atoms with Crippen LogP contribution in [0.25, 0.3) is 49.4 Å². The van der Waals surface area contributed by atoms with Gasteiger partial charge in [0, 0.05) is 27.2 Å². The van der Waals surface area contributed by atoms with E-state index in [2.05, 4.69) is 91.5 Å². The highest BCUT2D eigenvalue weighted by Gasteiger charge is 2.14. The number of hydrogen-bond acceptors (Lipinski definition) is 1. The molecule has 2 aromatic heterocycles. The van der Waals surface area contributed by atoms with Crippen molar-refractivity contribution in [3.8, 4) is 5.69 Å². The van der Waals surface area contributed by atoms with Gasteiger partial charge < -0.3 is 8.98 Å². The fourth-order valence-electron chi connectivity index (χ4n) is 4.30. The minimum Gasteiger partial charge on any atom is -0.456 e. The van der Waals surface area contributed by atoms with E-state index in [1.807, 2.05) is 12.1 Å². The van der Waals surface area contributed by atoms with Gasteiger partial charge in [-0.15, -0.1) is 0 Å². The number of furan rings is 1. The zero-order chi connectivity index (χ0) is 18.7. The van der Waals surface area contributed by atoms with Gasteiger partial charge in [-0.25, -0.2) is 0 Å². The first-order valence-electron chi connectivity index (χ1n) is 9.58. The first kappa shape index (κ1) is 15.6. The van der Waals surface area contributed by atoms with Crippen LogP contribution in [-0.2, 0) is 0 Å². The Bertz CT molecular complexity index is 1510. The maximum absolute atomic E-state index is 6.02. The Morgan fingerprint density at radius 2 is 1.39 bits per heavy atom. The molecule has 0 saturated heterocycles.